The topological polar surface area (TPSA) is 51.0 Å². The molecule has 4 nitrogen and oxygen atoms in total. The van der Waals surface area contributed by atoms with Crippen molar-refractivity contribution in [2.75, 3.05) is 7.05 Å². The van der Waals surface area contributed by atoms with Crippen molar-refractivity contribution >= 4 is 27.5 Å². The summed E-state index contributed by atoms with van der Waals surface area (Å²) in [6.45, 7) is 1.94. The van der Waals surface area contributed by atoms with Crippen LogP contribution in [0.3, 0.4) is 0 Å². The molecule has 0 saturated carbocycles. The largest absolute Gasteiger partial charge is 0.466 e. The molecule has 0 aliphatic carbocycles. The van der Waals surface area contributed by atoms with Gasteiger partial charge in [-0.25, -0.2) is 0 Å². The Kier molecular flexibility index (Phi) is 3.18. The molecule has 2 aromatic heterocycles. The van der Waals surface area contributed by atoms with Gasteiger partial charge in [0.2, 0.25) is 0 Å². The van der Waals surface area contributed by atoms with Crippen LogP contribution in [0.4, 0.5) is 0 Å². The highest BCUT2D eigenvalue weighted by Crippen LogP contribution is 2.31. The van der Waals surface area contributed by atoms with Crippen LogP contribution in [0.25, 0.3) is 0 Å². The van der Waals surface area contributed by atoms with Gasteiger partial charge in [0, 0.05) is 0 Å². The van der Waals surface area contributed by atoms with Crippen LogP contribution in [0.15, 0.2) is 21.2 Å². The number of aryl methyl sites for hydroxylation is 1. The molecule has 0 fully saturated rings. The summed E-state index contributed by atoms with van der Waals surface area (Å²) in [5.41, 5.74) is 0.933. The van der Waals surface area contributed by atoms with Crippen molar-refractivity contribution in [1.82, 2.24) is 14.9 Å². The second kappa shape index (κ2) is 4.42. The van der Waals surface area contributed by atoms with Crippen LogP contribution in [-0.4, -0.2) is 16.6 Å². The molecule has 2 aromatic rings. The molecule has 2 rings (SSSR count). The van der Waals surface area contributed by atoms with Crippen molar-refractivity contribution < 1.29 is 4.42 Å². The van der Waals surface area contributed by atoms with Gasteiger partial charge in [0.1, 0.15) is 11.8 Å². The standard InChI is InChI=1S/C9H10BrN3OS/c1-5-9(15-13-12-5)7(11-2)8-6(10)3-4-14-8/h3-4,7,11H,1-2H3. The Labute approximate surface area is 100.0 Å². The molecule has 0 aliphatic rings. The number of hydrogen-bond acceptors (Lipinski definition) is 5. The van der Waals surface area contributed by atoms with Crippen LogP contribution in [0.1, 0.15) is 22.4 Å². The molecule has 0 spiro atoms. The van der Waals surface area contributed by atoms with Gasteiger partial charge in [-0.05, 0) is 47.5 Å². The average Bonchev–Trinajstić information content (AvgIpc) is 2.80. The molecule has 0 saturated heterocycles. The lowest BCUT2D eigenvalue weighted by Crippen LogP contribution is -2.17. The smallest absolute Gasteiger partial charge is 0.140 e. The molecule has 1 atom stereocenters. The first kappa shape index (κ1) is 10.8. The molecule has 2 heterocycles. The van der Waals surface area contributed by atoms with E-state index in [0.29, 0.717) is 0 Å². The number of nitrogens with zero attached hydrogens (tertiary/aromatic N) is 2. The predicted molar refractivity (Wildman–Crippen MR) is 62.0 cm³/mol. The van der Waals surface area contributed by atoms with Crippen molar-refractivity contribution in [2.45, 2.75) is 13.0 Å². The molecule has 0 radical (unpaired) electrons. The zero-order valence-corrected chi connectivity index (χ0v) is 10.7. The summed E-state index contributed by atoms with van der Waals surface area (Å²) in [6, 6.07) is 1.89. The van der Waals surface area contributed by atoms with Crippen LogP contribution in [0, 0.1) is 6.92 Å². The Balaban J connectivity index is 2.41. The fraction of sp³-hybridized carbons (Fsp3) is 0.333. The van der Waals surface area contributed by atoms with Crippen LogP contribution >= 0.6 is 27.5 Å². The highest BCUT2D eigenvalue weighted by Gasteiger charge is 2.22. The van der Waals surface area contributed by atoms with Crippen LogP contribution in [-0.2, 0) is 0 Å². The van der Waals surface area contributed by atoms with Gasteiger partial charge >= 0.3 is 0 Å². The normalized spacial score (nSPS) is 13.0. The zero-order valence-electron chi connectivity index (χ0n) is 8.32. The fourth-order valence-electron chi connectivity index (χ4n) is 1.40. The third-order valence-electron chi connectivity index (χ3n) is 2.14. The highest BCUT2D eigenvalue weighted by atomic mass is 79.9. The van der Waals surface area contributed by atoms with Crippen molar-refractivity contribution in [2.24, 2.45) is 0 Å². The van der Waals surface area contributed by atoms with Crippen molar-refractivity contribution in [3.05, 3.63) is 33.1 Å². The molecule has 1 unspecified atom stereocenters. The average molecular weight is 288 g/mol. The zero-order chi connectivity index (χ0) is 10.8. The number of hydrogen-bond donors (Lipinski definition) is 1. The maximum Gasteiger partial charge on any atom is 0.140 e. The van der Waals surface area contributed by atoms with Crippen molar-refractivity contribution in [3.63, 3.8) is 0 Å². The first-order valence-corrected chi connectivity index (χ1v) is 5.99. The molecule has 0 aromatic carbocycles. The first-order chi connectivity index (χ1) is 7.24. The van der Waals surface area contributed by atoms with E-state index in [0.717, 1.165) is 20.8 Å². The Morgan fingerprint density at radius 2 is 2.40 bits per heavy atom. The van der Waals surface area contributed by atoms with E-state index in [-0.39, 0.29) is 6.04 Å². The third kappa shape index (κ3) is 1.97. The first-order valence-electron chi connectivity index (χ1n) is 4.43. The number of rotatable bonds is 3. The number of nitrogens with one attached hydrogen (secondary N) is 1. The quantitative estimate of drug-likeness (QED) is 0.943. The summed E-state index contributed by atoms with van der Waals surface area (Å²) in [5.74, 6) is 0.853. The minimum absolute atomic E-state index is 0.00868. The van der Waals surface area contributed by atoms with E-state index in [4.69, 9.17) is 4.42 Å². The second-order valence-corrected chi connectivity index (χ2v) is 4.72. The van der Waals surface area contributed by atoms with E-state index in [2.05, 4.69) is 30.8 Å². The lowest BCUT2D eigenvalue weighted by Gasteiger charge is -2.12. The monoisotopic (exact) mass is 287 g/mol. The number of halogens is 1. The highest BCUT2D eigenvalue weighted by molar-refractivity contribution is 9.10. The van der Waals surface area contributed by atoms with E-state index in [1.165, 1.54) is 11.5 Å². The molecule has 0 aliphatic heterocycles. The summed E-state index contributed by atoms with van der Waals surface area (Å²) < 4.78 is 10.3. The second-order valence-electron chi connectivity index (χ2n) is 3.08. The third-order valence-corrected chi connectivity index (χ3v) is 3.69. The molecular weight excluding hydrogens is 278 g/mol. The maximum atomic E-state index is 5.44. The van der Waals surface area contributed by atoms with Gasteiger partial charge in [0.15, 0.2) is 0 Å². The molecule has 0 amide bonds. The Morgan fingerprint density at radius 1 is 1.60 bits per heavy atom. The van der Waals surface area contributed by atoms with Crippen molar-refractivity contribution in [3.8, 4) is 0 Å². The summed E-state index contributed by atoms with van der Waals surface area (Å²) in [5, 5.41) is 7.19. The van der Waals surface area contributed by atoms with E-state index < -0.39 is 0 Å². The molecule has 6 heteroatoms. The molecule has 1 N–H and O–H groups in total. The van der Waals surface area contributed by atoms with Gasteiger partial charge < -0.3 is 9.73 Å². The summed E-state index contributed by atoms with van der Waals surface area (Å²) in [6.07, 6.45) is 1.66. The number of furan rings is 1. The number of aromatic nitrogens is 2. The minimum Gasteiger partial charge on any atom is -0.466 e. The van der Waals surface area contributed by atoms with E-state index in [1.54, 1.807) is 6.26 Å². The van der Waals surface area contributed by atoms with Crippen LogP contribution < -0.4 is 5.32 Å². The predicted octanol–water partition coefficient (Wildman–Crippen LogP) is 2.51. The van der Waals surface area contributed by atoms with Gasteiger partial charge in [-0.1, -0.05) is 4.49 Å². The van der Waals surface area contributed by atoms with Gasteiger partial charge in [-0.15, -0.1) is 5.10 Å². The summed E-state index contributed by atoms with van der Waals surface area (Å²) in [7, 11) is 1.89. The van der Waals surface area contributed by atoms with Gasteiger partial charge in [-0.2, -0.15) is 0 Å². The van der Waals surface area contributed by atoms with Crippen molar-refractivity contribution in [1.29, 1.82) is 0 Å². The van der Waals surface area contributed by atoms with E-state index in [9.17, 15) is 0 Å². The summed E-state index contributed by atoms with van der Waals surface area (Å²) >= 11 is 4.83. The Morgan fingerprint density at radius 3 is 2.87 bits per heavy atom. The lowest BCUT2D eigenvalue weighted by atomic mass is 10.1. The van der Waals surface area contributed by atoms with E-state index >= 15 is 0 Å². The van der Waals surface area contributed by atoms with Gasteiger partial charge in [-0.3, -0.25) is 0 Å². The lowest BCUT2D eigenvalue weighted by molar-refractivity contribution is 0.463. The molecule has 0 bridgehead atoms. The molecule has 80 valence electrons. The summed E-state index contributed by atoms with van der Waals surface area (Å²) in [4.78, 5) is 1.08. The van der Waals surface area contributed by atoms with Crippen LogP contribution in [0.5, 0.6) is 0 Å². The fourth-order valence-corrected chi connectivity index (χ4v) is 2.58. The Bertz CT molecular complexity index is 413. The maximum absolute atomic E-state index is 5.44. The van der Waals surface area contributed by atoms with Gasteiger partial charge in [0.05, 0.1) is 21.3 Å². The molecular formula is C9H10BrN3OS. The SMILES string of the molecule is CNC(c1occc1Br)c1snnc1C. The molecule has 15 heavy (non-hydrogen) atoms. The minimum atomic E-state index is 0.00868. The van der Waals surface area contributed by atoms with Crippen LogP contribution in [0.2, 0.25) is 0 Å². The van der Waals surface area contributed by atoms with E-state index in [1.807, 2.05) is 20.0 Å². The Hall–Kier alpha value is -0.720. The van der Waals surface area contributed by atoms with Gasteiger partial charge in [0.25, 0.3) is 0 Å².